The normalized spacial score (nSPS) is 20.5. The third-order valence-corrected chi connectivity index (χ3v) is 5.01. The Balaban J connectivity index is 1.96. The number of thioether (sulfide) groups is 1. The number of benzene rings is 1. The van der Waals surface area contributed by atoms with E-state index < -0.39 is 0 Å². The van der Waals surface area contributed by atoms with Gasteiger partial charge in [-0.15, -0.1) is 0 Å². The van der Waals surface area contributed by atoms with Crippen LogP contribution >= 0.6 is 27.7 Å². The molecule has 1 amide bonds. The summed E-state index contributed by atoms with van der Waals surface area (Å²) in [6, 6.07) is 3.73. The van der Waals surface area contributed by atoms with E-state index in [1.165, 1.54) is 11.8 Å². The van der Waals surface area contributed by atoms with E-state index >= 15 is 0 Å². The number of nitrogens with zero attached hydrogens (tertiary/aromatic N) is 2. The highest BCUT2D eigenvalue weighted by molar-refractivity contribution is 9.10. The first-order valence-electron chi connectivity index (χ1n) is 6.99. The molecule has 0 saturated carbocycles. The zero-order chi connectivity index (χ0) is 15.7. The maximum atomic E-state index is 12.5. The van der Waals surface area contributed by atoms with Gasteiger partial charge in [-0.2, -0.15) is 0 Å². The Morgan fingerprint density at radius 2 is 2.09 bits per heavy atom. The number of carbonyl (C=O) groups is 1. The third kappa shape index (κ3) is 2.75. The summed E-state index contributed by atoms with van der Waals surface area (Å²) in [5.41, 5.74) is 0.883. The summed E-state index contributed by atoms with van der Waals surface area (Å²) in [5.74, 6) is 1.40. The summed E-state index contributed by atoms with van der Waals surface area (Å²) in [5, 5.41) is 0.762. The van der Waals surface area contributed by atoms with Gasteiger partial charge in [0.2, 0.25) is 6.79 Å². The van der Waals surface area contributed by atoms with Crippen molar-refractivity contribution in [1.29, 1.82) is 0 Å². The van der Waals surface area contributed by atoms with Gasteiger partial charge >= 0.3 is 0 Å². The zero-order valence-electron chi connectivity index (χ0n) is 12.3. The summed E-state index contributed by atoms with van der Waals surface area (Å²) < 4.78 is 11.6. The maximum absolute atomic E-state index is 12.5. The molecule has 0 aromatic heterocycles. The summed E-state index contributed by atoms with van der Waals surface area (Å²) in [6.45, 7) is 5.41. The van der Waals surface area contributed by atoms with Gasteiger partial charge in [0.05, 0.1) is 4.91 Å². The molecule has 1 fully saturated rings. The lowest BCUT2D eigenvalue weighted by Crippen LogP contribution is -2.28. The molecule has 5 nitrogen and oxygen atoms in total. The molecule has 0 unspecified atom stereocenters. The molecule has 2 aliphatic rings. The van der Waals surface area contributed by atoms with Crippen LogP contribution < -0.4 is 9.47 Å². The summed E-state index contributed by atoms with van der Waals surface area (Å²) in [7, 11) is 0. The molecule has 0 N–H and O–H groups in total. The molecule has 2 heterocycles. The van der Waals surface area contributed by atoms with Crippen LogP contribution in [0.4, 0.5) is 0 Å². The quantitative estimate of drug-likeness (QED) is 0.750. The molecule has 0 spiro atoms. The highest BCUT2D eigenvalue weighted by Gasteiger charge is 2.32. The molecular weight excluding hydrogens is 368 g/mol. The van der Waals surface area contributed by atoms with Crippen molar-refractivity contribution < 1.29 is 14.3 Å². The number of hydrogen-bond donors (Lipinski definition) is 0. The molecule has 22 heavy (non-hydrogen) atoms. The Morgan fingerprint density at radius 1 is 1.36 bits per heavy atom. The topological polar surface area (TPSA) is 51.1 Å². The zero-order valence-corrected chi connectivity index (χ0v) is 14.7. The van der Waals surface area contributed by atoms with Crippen molar-refractivity contribution in [2.75, 3.05) is 19.9 Å². The van der Waals surface area contributed by atoms with Crippen molar-refractivity contribution in [3.05, 3.63) is 27.1 Å². The van der Waals surface area contributed by atoms with E-state index in [-0.39, 0.29) is 12.7 Å². The molecule has 2 aliphatic heterocycles. The van der Waals surface area contributed by atoms with Gasteiger partial charge in [0, 0.05) is 17.6 Å². The highest BCUT2D eigenvalue weighted by Crippen LogP contribution is 2.39. The van der Waals surface area contributed by atoms with Crippen molar-refractivity contribution in [1.82, 2.24) is 4.90 Å². The Morgan fingerprint density at radius 3 is 2.77 bits per heavy atom. The molecule has 0 aliphatic carbocycles. The van der Waals surface area contributed by atoms with Gasteiger partial charge in [0.25, 0.3) is 5.91 Å². The molecular formula is C15H15BrN2O3S. The Hall–Kier alpha value is -1.47. The standard InChI is InChI=1S/C15H15BrN2O3S/c1-3-17-15-18(4-2)14(19)13(22-15)6-9-5-11-12(7-10(9)16)21-8-20-11/h5-7H,3-4,8H2,1-2H3. The van der Waals surface area contributed by atoms with E-state index in [2.05, 4.69) is 20.9 Å². The van der Waals surface area contributed by atoms with E-state index in [0.717, 1.165) is 15.2 Å². The van der Waals surface area contributed by atoms with Crippen molar-refractivity contribution in [2.45, 2.75) is 13.8 Å². The number of hydrogen-bond acceptors (Lipinski definition) is 5. The second-order valence-corrected chi connectivity index (χ2v) is 6.51. The molecule has 0 bridgehead atoms. The second kappa shape index (κ2) is 6.34. The van der Waals surface area contributed by atoms with Gasteiger partial charge in [-0.3, -0.25) is 14.7 Å². The predicted molar refractivity (Wildman–Crippen MR) is 91.2 cm³/mol. The number of aliphatic imine (C=N–C) groups is 1. The van der Waals surface area contributed by atoms with E-state index in [1.807, 2.05) is 32.1 Å². The third-order valence-electron chi connectivity index (χ3n) is 3.28. The number of amides is 1. The van der Waals surface area contributed by atoms with Gasteiger partial charge in [-0.05, 0) is 49.4 Å². The molecule has 0 radical (unpaired) electrons. The number of amidine groups is 1. The highest BCUT2D eigenvalue weighted by atomic mass is 79.9. The fourth-order valence-corrected chi connectivity index (χ4v) is 3.76. The molecule has 1 aromatic rings. The number of carbonyl (C=O) groups excluding carboxylic acids is 1. The number of fused-ring (bicyclic) bond motifs is 1. The van der Waals surface area contributed by atoms with Crippen LogP contribution in [0.1, 0.15) is 19.4 Å². The van der Waals surface area contributed by atoms with Crippen LogP contribution in [0.3, 0.4) is 0 Å². The SMILES string of the molecule is CCN=C1SC(=Cc2cc3c(cc2Br)OCO3)C(=O)N1CC. The monoisotopic (exact) mass is 382 g/mol. The van der Waals surface area contributed by atoms with Gasteiger partial charge in [0.15, 0.2) is 16.7 Å². The first-order valence-corrected chi connectivity index (χ1v) is 8.60. The largest absolute Gasteiger partial charge is 0.454 e. The average molecular weight is 383 g/mol. The average Bonchev–Trinajstić information content (AvgIpc) is 3.05. The Bertz CT molecular complexity index is 688. The summed E-state index contributed by atoms with van der Waals surface area (Å²) in [6.07, 6.45) is 1.86. The Labute approximate surface area is 141 Å². The lowest BCUT2D eigenvalue weighted by Gasteiger charge is -2.11. The fourth-order valence-electron chi connectivity index (χ4n) is 2.22. The van der Waals surface area contributed by atoms with Crippen LogP contribution in [-0.4, -0.2) is 35.9 Å². The van der Waals surface area contributed by atoms with E-state index in [9.17, 15) is 4.79 Å². The van der Waals surface area contributed by atoms with Crippen LogP contribution in [0.15, 0.2) is 26.5 Å². The van der Waals surface area contributed by atoms with Crippen LogP contribution in [0.25, 0.3) is 6.08 Å². The fraction of sp³-hybridized carbons (Fsp3) is 0.333. The lowest BCUT2D eigenvalue weighted by atomic mass is 10.2. The minimum atomic E-state index is -0.00994. The predicted octanol–water partition coefficient (Wildman–Crippen LogP) is 3.49. The first kappa shape index (κ1) is 15.4. The van der Waals surface area contributed by atoms with E-state index in [0.29, 0.717) is 29.5 Å². The number of halogens is 1. The molecule has 7 heteroatoms. The molecule has 116 valence electrons. The molecule has 0 atom stereocenters. The molecule has 3 rings (SSSR count). The van der Waals surface area contributed by atoms with Crippen LogP contribution in [-0.2, 0) is 4.79 Å². The minimum Gasteiger partial charge on any atom is -0.454 e. The first-order chi connectivity index (χ1) is 10.6. The van der Waals surface area contributed by atoms with Gasteiger partial charge in [0.1, 0.15) is 0 Å². The summed E-state index contributed by atoms with van der Waals surface area (Å²) in [4.78, 5) is 19.2. The molecule has 1 aromatic carbocycles. The second-order valence-electron chi connectivity index (χ2n) is 4.64. The van der Waals surface area contributed by atoms with Crippen molar-refractivity contribution in [2.24, 2.45) is 4.99 Å². The van der Waals surface area contributed by atoms with Crippen LogP contribution in [0.5, 0.6) is 11.5 Å². The minimum absolute atomic E-state index is 0.00994. The van der Waals surface area contributed by atoms with Crippen LogP contribution in [0, 0.1) is 0 Å². The molecule has 1 saturated heterocycles. The lowest BCUT2D eigenvalue weighted by molar-refractivity contribution is -0.122. The van der Waals surface area contributed by atoms with Crippen molar-refractivity contribution in [3.8, 4) is 11.5 Å². The van der Waals surface area contributed by atoms with E-state index in [1.54, 1.807) is 4.90 Å². The number of likely N-dealkylation sites (N-methyl/N-ethyl adjacent to an activating group) is 1. The summed E-state index contributed by atoms with van der Waals surface area (Å²) >= 11 is 4.92. The van der Waals surface area contributed by atoms with Gasteiger partial charge in [-0.25, -0.2) is 0 Å². The van der Waals surface area contributed by atoms with Crippen molar-refractivity contribution >= 4 is 44.8 Å². The Kier molecular flexibility index (Phi) is 4.44. The smallest absolute Gasteiger partial charge is 0.266 e. The van der Waals surface area contributed by atoms with Gasteiger partial charge < -0.3 is 9.47 Å². The van der Waals surface area contributed by atoms with Gasteiger partial charge in [-0.1, -0.05) is 15.9 Å². The maximum Gasteiger partial charge on any atom is 0.266 e. The number of rotatable bonds is 3. The number of ether oxygens (including phenoxy) is 2. The van der Waals surface area contributed by atoms with E-state index in [4.69, 9.17) is 9.47 Å². The van der Waals surface area contributed by atoms with Crippen LogP contribution in [0.2, 0.25) is 0 Å². The van der Waals surface area contributed by atoms with Crippen molar-refractivity contribution in [3.63, 3.8) is 0 Å².